The number of anilines is 1. The number of amides is 2. The van der Waals surface area contributed by atoms with E-state index in [1.165, 1.54) is 23.1 Å². The topological polar surface area (TPSA) is 86.8 Å². The highest BCUT2D eigenvalue weighted by Crippen LogP contribution is 2.22. The number of nitrogens with zero attached hydrogens (tertiary/aromatic N) is 2. The third-order valence-corrected chi connectivity index (χ3v) is 6.65. The molecule has 1 N–H and O–H groups in total. The van der Waals surface area contributed by atoms with Crippen LogP contribution in [0.15, 0.2) is 48.5 Å². The molecule has 7 nitrogen and oxygen atoms in total. The Morgan fingerprint density at radius 1 is 1.03 bits per heavy atom. The maximum Gasteiger partial charge on any atom is 0.242 e. The number of carbonyl (C=O) groups excluding carboxylic acids is 2. The van der Waals surface area contributed by atoms with Gasteiger partial charge < -0.3 is 10.2 Å². The largest absolute Gasteiger partial charge is 0.352 e. The molecule has 0 radical (unpaired) electrons. The number of rotatable bonds is 11. The van der Waals surface area contributed by atoms with Crippen LogP contribution in [0.4, 0.5) is 10.1 Å². The Kier molecular flexibility index (Phi) is 9.61. The maximum absolute atomic E-state index is 14.2. The van der Waals surface area contributed by atoms with E-state index in [0.717, 1.165) is 21.7 Å². The average Bonchev–Trinajstić information content (AvgIpc) is 2.75. The average molecular weight is 492 g/mol. The first-order valence-corrected chi connectivity index (χ1v) is 13.1. The van der Waals surface area contributed by atoms with Crippen LogP contribution in [0.2, 0.25) is 0 Å². The number of para-hydroxylation sites is 1. The highest BCUT2D eigenvalue weighted by Gasteiger charge is 2.27. The summed E-state index contributed by atoms with van der Waals surface area (Å²) >= 11 is 0. The van der Waals surface area contributed by atoms with Gasteiger partial charge in [-0.15, -0.1) is 0 Å². The predicted molar refractivity (Wildman–Crippen MR) is 132 cm³/mol. The van der Waals surface area contributed by atoms with Crippen LogP contribution in [0.25, 0.3) is 0 Å². The summed E-state index contributed by atoms with van der Waals surface area (Å²) in [6, 6.07) is 12.5. The van der Waals surface area contributed by atoms with Crippen LogP contribution in [-0.4, -0.2) is 50.0 Å². The van der Waals surface area contributed by atoms with E-state index < -0.39 is 21.9 Å². The van der Waals surface area contributed by atoms with Gasteiger partial charge in [-0.3, -0.25) is 13.9 Å². The normalized spacial score (nSPS) is 12.3. The molecule has 9 heteroatoms. The fourth-order valence-electron chi connectivity index (χ4n) is 3.60. The van der Waals surface area contributed by atoms with Crippen molar-refractivity contribution in [2.75, 3.05) is 17.1 Å². The quantitative estimate of drug-likeness (QED) is 0.520. The van der Waals surface area contributed by atoms with E-state index in [1.54, 1.807) is 13.0 Å². The molecule has 1 unspecified atom stereocenters. The number of sulfonamides is 1. The molecule has 2 rings (SSSR count). The molecule has 1 atom stereocenters. The lowest BCUT2D eigenvalue weighted by molar-refractivity contribution is -0.140. The van der Waals surface area contributed by atoms with Crippen LogP contribution in [0.3, 0.4) is 0 Å². The fraction of sp³-hybridized carbons (Fsp3) is 0.440. The van der Waals surface area contributed by atoms with Crippen molar-refractivity contribution in [1.82, 2.24) is 10.2 Å². The molecule has 0 spiro atoms. The van der Waals surface area contributed by atoms with Crippen LogP contribution < -0.4 is 9.62 Å². The van der Waals surface area contributed by atoms with Crippen LogP contribution in [-0.2, 0) is 26.2 Å². The molecule has 0 heterocycles. The zero-order chi connectivity index (χ0) is 25.5. The molecule has 0 saturated carbocycles. The van der Waals surface area contributed by atoms with Gasteiger partial charge in [0.2, 0.25) is 21.8 Å². The Morgan fingerprint density at radius 2 is 1.65 bits per heavy atom. The van der Waals surface area contributed by atoms with Gasteiger partial charge in [0.05, 0.1) is 11.9 Å². The van der Waals surface area contributed by atoms with Gasteiger partial charge >= 0.3 is 0 Å². The molecule has 0 aliphatic heterocycles. The highest BCUT2D eigenvalue weighted by atomic mass is 32.2. The highest BCUT2D eigenvalue weighted by molar-refractivity contribution is 7.92. The SMILES string of the molecule is Cc1ccccc1CN(C(=O)CCCN(c1ccccc1F)S(C)(=O)=O)C(C)C(=O)NC(C)C. The van der Waals surface area contributed by atoms with Crippen molar-refractivity contribution in [2.45, 2.75) is 59.2 Å². The fourth-order valence-corrected chi connectivity index (χ4v) is 4.56. The number of hydrogen-bond acceptors (Lipinski definition) is 4. The van der Waals surface area contributed by atoms with E-state index in [0.29, 0.717) is 0 Å². The molecule has 2 amide bonds. The summed E-state index contributed by atoms with van der Waals surface area (Å²) in [6.45, 7) is 7.50. The summed E-state index contributed by atoms with van der Waals surface area (Å²) in [6.07, 6.45) is 1.18. The number of nitrogens with one attached hydrogen (secondary N) is 1. The monoisotopic (exact) mass is 491 g/mol. The van der Waals surface area contributed by atoms with Crippen molar-refractivity contribution in [1.29, 1.82) is 0 Å². The lowest BCUT2D eigenvalue weighted by Crippen LogP contribution is -2.49. The van der Waals surface area contributed by atoms with Crippen molar-refractivity contribution < 1.29 is 22.4 Å². The molecular formula is C25H34FN3O4S. The van der Waals surface area contributed by atoms with Gasteiger partial charge in [0.1, 0.15) is 11.9 Å². The number of hydrogen-bond donors (Lipinski definition) is 1. The van der Waals surface area contributed by atoms with Crippen molar-refractivity contribution >= 4 is 27.5 Å². The second kappa shape index (κ2) is 12.0. The smallest absolute Gasteiger partial charge is 0.242 e. The Morgan fingerprint density at radius 3 is 2.24 bits per heavy atom. The van der Waals surface area contributed by atoms with Crippen LogP contribution in [0.1, 0.15) is 44.7 Å². The first-order valence-electron chi connectivity index (χ1n) is 11.3. The molecule has 0 saturated heterocycles. The summed E-state index contributed by atoms with van der Waals surface area (Å²) in [5, 5.41) is 2.84. The Balaban J connectivity index is 2.19. The van der Waals surface area contributed by atoms with Crippen molar-refractivity contribution in [3.63, 3.8) is 0 Å². The van der Waals surface area contributed by atoms with Crippen molar-refractivity contribution in [3.8, 4) is 0 Å². The lowest BCUT2D eigenvalue weighted by atomic mass is 10.1. The lowest BCUT2D eigenvalue weighted by Gasteiger charge is -2.30. The van der Waals surface area contributed by atoms with Gasteiger partial charge in [-0.2, -0.15) is 0 Å². The maximum atomic E-state index is 14.2. The molecule has 0 aliphatic carbocycles. The minimum Gasteiger partial charge on any atom is -0.352 e. The van der Waals surface area contributed by atoms with Crippen LogP contribution in [0, 0.1) is 12.7 Å². The summed E-state index contributed by atoms with van der Waals surface area (Å²) in [5.41, 5.74) is 1.86. The molecule has 0 aliphatic rings. The van der Waals surface area contributed by atoms with E-state index in [9.17, 15) is 22.4 Å². The molecule has 0 bridgehead atoms. The van der Waals surface area contributed by atoms with Crippen LogP contribution >= 0.6 is 0 Å². The molecule has 34 heavy (non-hydrogen) atoms. The molecule has 0 fully saturated rings. The summed E-state index contributed by atoms with van der Waals surface area (Å²) in [5.74, 6) is -1.20. The molecule has 2 aromatic rings. The van der Waals surface area contributed by atoms with Crippen molar-refractivity contribution in [3.05, 3.63) is 65.5 Å². The van der Waals surface area contributed by atoms with Crippen LogP contribution in [0.5, 0.6) is 0 Å². The first kappa shape index (κ1) is 27.3. The number of halogens is 1. The third kappa shape index (κ3) is 7.55. The van der Waals surface area contributed by atoms with E-state index in [-0.39, 0.29) is 49.5 Å². The van der Waals surface area contributed by atoms with Crippen molar-refractivity contribution in [2.24, 2.45) is 0 Å². The molecular weight excluding hydrogens is 457 g/mol. The van der Waals surface area contributed by atoms with E-state index >= 15 is 0 Å². The Hall–Kier alpha value is -2.94. The minimum atomic E-state index is -3.75. The Bertz CT molecular complexity index is 1100. The Labute approximate surface area is 202 Å². The second-order valence-corrected chi connectivity index (χ2v) is 10.6. The van der Waals surface area contributed by atoms with Gasteiger partial charge in [-0.25, -0.2) is 12.8 Å². The number of aryl methyl sites for hydroxylation is 1. The summed E-state index contributed by atoms with van der Waals surface area (Å²) in [7, 11) is -3.75. The van der Waals surface area contributed by atoms with Gasteiger partial charge in [-0.1, -0.05) is 36.4 Å². The number of benzene rings is 2. The molecule has 0 aromatic heterocycles. The van der Waals surface area contributed by atoms with Gasteiger partial charge in [-0.05, 0) is 57.4 Å². The van der Waals surface area contributed by atoms with E-state index in [2.05, 4.69) is 5.32 Å². The van der Waals surface area contributed by atoms with Gasteiger partial charge in [0.25, 0.3) is 0 Å². The van der Waals surface area contributed by atoms with Gasteiger partial charge in [0, 0.05) is 25.6 Å². The molecule has 2 aromatic carbocycles. The summed E-state index contributed by atoms with van der Waals surface area (Å²) < 4.78 is 39.8. The third-order valence-electron chi connectivity index (χ3n) is 5.47. The first-order chi connectivity index (χ1) is 15.9. The zero-order valence-corrected chi connectivity index (χ0v) is 21.2. The minimum absolute atomic E-state index is 0.00561. The standard InChI is InChI=1S/C25H34FN3O4S/c1-18(2)27-25(31)20(4)28(17-21-12-7-6-11-19(21)3)24(30)15-10-16-29(34(5,32)33)23-14-9-8-13-22(23)26/h6-9,11-14,18,20H,10,15-17H2,1-5H3,(H,27,31). The number of carbonyl (C=O) groups is 2. The molecule has 186 valence electrons. The van der Waals surface area contributed by atoms with E-state index in [4.69, 9.17) is 0 Å². The van der Waals surface area contributed by atoms with Gasteiger partial charge in [0.15, 0.2) is 0 Å². The second-order valence-electron chi connectivity index (χ2n) is 8.68. The zero-order valence-electron chi connectivity index (χ0n) is 20.4. The summed E-state index contributed by atoms with van der Waals surface area (Å²) in [4.78, 5) is 27.4. The van der Waals surface area contributed by atoms with E-state index in [1.807, 2.05) is 45.0 Å². The predicted octanol–water partition coefficient (Wildman–Crippen LogP) is 3.62.